The molecule has 4 rings (SSSR count). The van der Waals surface area contributed by atoms with Gasteiger partial charge in [-0.3, -0.25) is 14.8 Å². The van der Waals surface area contributed by atoms with Crippen LogP contribution in [0, 0.1) is 0 Å². The van der Waals surface area contributed by atoms with E-state index in [1.54, 1.807) is 18.5 Å². The van der Waals surface area contributed by atoms with Gasteiger partial charge in [0.05, 0.1) is 11.7 Å². The maximum Gasteiger partial charge on any atom is 0.290 e. The Morgan fingerprint density at radius 2 is 1.96 bits per heavy atom. The van der Waals surface area contributed by atoms with Crippen molar-refractivity contribution in [2.75, 3.05) is 0 Å². The summed E-state index contributed by atoms with van der Waals surface area (Å²) in [6, 6.07) is 11.5. The highest BCUT2D eigenvalue weighted by atomic mass is 16.4. The largest absolute Gasteiger partial charge is 0.451 e. The summed E-state index contributed by atoms with van der Waals surface area (Å²) < 4.78 is 5.90. The summed E-state index contributed by atoms with van der Waals surface area (Å²) in [7, 11) is 0. The predicted octanol–water partition coefficient (Wildman–Crippen LogP) is 4.66. The maximum absolute atomic E-state index is 13.3. The molecule has 5 nitrogen and oxygen atoms in total. The fourth-order valence-corrected chi connectivity index (χ4v) is 3.84. The van der Waals surface area contributed by atoms with E-state index in [1.165, 1.54) is 5.56 Å². The number of carbonyl (C=O) groups excluding carboxylic acids is 1. The Morgan fingerprint density at radius 3 is 2.74 bits per heavy atom. The first-order valence-electron chi connectivity index (χ1n) is 9.42. The van der Waals surface area contributed by atoms with Crippen molar-refractivity contribution in [1.29, 1.82) is 0 Å². The van der Waals surface area contributed by atoms with Crippen LogP contribution in [0.25, 0.3) is 11.3 Å². The molecule has 1 amide bonds. The second-order valence-corrected chi connectivity index (χ2v) is 7.16. The molecule has 138 valence electrons. The van der Waals surface area contributed by atoms with Gasteiger partial charge in [-0.15, -0.1) is 0 Å². The monoisotopic (exact) mass is 361 g/mol. The third kappa shape index (κ3) is 3.37. The second kappa shape index (κ2) is 7.35. The van der Waals surface area contributed by atoms with Crippen molar-refractivity contribution in [2.24, 2.45) is 0 Å². The molecule has 3 heterocycles. The van der Waals surface area contributed by atoms with Crippen molar-refractivity contribution in [3.8, 4) is 11.3 Å². The summed E-state index contributed by atoms with van der Waals surface area (Å²) in [6.45, 7) is 4.09. The first kappa shape index (κ1) is 17.5. The molecule has 1 aliphatic carbocycles. The molecule has 0 fully saturated rings. The van der Waals surface area contributed by atoms with Crippen molar-refractivity contribution >= 4 is 5.91 Å². The molecular formula is C22H23N3O2. The van der Waals surface area contributed by atoms with Crippen LogP contribution in [-0.4, -0.2) is 26.8 Å². The summed E-state index contributed by atoms with van der Waals surface area (Å²) in [4.78, 5) is 23.9. The minimum absolute atomic E-state index is 0.0167. The van der Waals surface area contributed by atoms with E-state index in [-0.39, 0.29) is 18.0 Å². The average molecular weight is 361 g/mol. The van der Waals surface area contributed by atoms with E-state index in [2.05, 4.69) is 16.0 Å². The molecule has 0 saturated heterocycles. The zero-order valence-corrected chi connectivity index (χ0v) is 15.6. The fraction of sp³-hybridized carbons (Fsp3) is 0.318. The molecule has 3 aromatic heterocycles. The molecule has 0 bridgehead atoms. The first-order valence-corrected chi connectivity index (χ1v) is 9.42. The number of fused-ring (bicyclic) bond motifs is 1. The number of hydrogen-bond acceptors (Lipinski definition) is 4. The minimum Gasteiger partial charge on any atom is -0.451 e. The zero-order valence-electron chi connectivity index (χ0n) is 15.6. The molecule has 1 unspecified atom stereocenters. The molecule has 0 radical (unpaired) electrons. The Balaban J connectivity index is 1.66. The summed E-state index contributed by atoms with van der Waals surface area (Å²) in [6.07, 6.45) is 8.24. The van der Waals surface area contributed by atoms with Gasteiger partial charge in [0.25, 0.3) is 5.91 Å². The lowest BCUT2D eigenvalue weighted by molar-refractivity contribution is 0.0544. The standard InChI is InChI=1S/C22H23N3O2/c1-15(2)25(18-7-3-5-17-6-4-12-24-21(17)18)22(26)20-9-8-19(27-20)16-10-13-23-14-11-16/h4,6,8-15,18H,3,5,7H2,1-2H3. The van der Waals surface area contributed by atoms with Gasteiger partial charge in [-0.2, -0.15) is 0 Å². The molecule has 0 aliphatic heterocycles. The van der Waals surface area contributed by atoms with Gasteiger partial charge < -0.3 is 9.32 Å². The summed E-state index contributed by atoms with van der Waals surface area (Å²) in [5, 5.41) is 0. The third-order valence-electron chi connectivity index (χ3n) is 5.07. The minimum atomic E-state index is -0.0891. The van der Waals surface area contributed by atoms with Gasteiger partial charge in [0.2, 0.25) is 0 Å². The molecule has 1 aliphatic rings. The number of carbonyl (C=O) groups is 1. The van der Waals surface area contributed by atoms with Crippen molar-refractivity contribution in [2.45, 2.75) is 45.2 Å². The van der Waals surface area contributed by atoms with Gasteiger partial charge in [-0.25, -0.2) is 0 Å². The normalized spacial score (nSPS) is 16.2. The van der Waals surface area contributed by atoms with Crippen LogP contribution < -0.4 is 0 Å². The molecule has 0 saturated carbocycles. The summed E-state index contributed by atoms with van der Waals surface area (Å²) in [5.74, 6) is 0.944. The highest BCUT2D eigenvalue weighted by molar-refractivity contribution is 5.92. The topological polar surface area (TPSA) is 59.2 Å². The number of hydrogen-bond donors (Lipinski definition) is 0. The zero-order chi connectivity index (χ0) is 18.8. The van der Waals surface area contributed by atoms with E-state index < -0.39 is 0 Å². The number of rotatable bonds is 4. The lowest BCUT2D eigenvalue weighted by atomic mass is 9.90. The Bertz CT molecular complexity index is 933. The number of aromatic nitrogens is 2. The van der Waals surface area contributed by atoms with Gasteiger partial charge in [-0.05, 0) is 69.0 Å². The molecule has 27 heavy (non-hydrogen) atoms. The summed E-state index contributed by atoms with van der Waals surface area (Å²) >= 11 is 0. The van der Waals surface area contributed by atoms with E-state index in [0.717, 1.165) is 30.5 Å². The smallest absolute Gasteiger partial charge is 0.290 e. The van der Waals surface area contributed by atoms with Crippen LogP contribution >= 0.6 is 0 Å². The number of pyridine rings is 2. The number of amides is 1. The van der Waals surface area contributed by atoms with Crippen LogP contribution in [0.2, 0.25) is 0 Å². The Labute approximate surface area is 159 Å². The second-order valence-electron chi connectivity index (χ2n) is 7.16. The Morgan fingerprint density at radius 1 is 1.15 bits per heavy atom. The van der Waals surface area contributed by atoms with Crippen LogP contribution in [0.4, 0.5) is 0 Å². The molecule has 5 heteroatoms. The van der Waals surface area contributed by atoms with Crippen LogP contribution in [0.1, 0.15) is 54.5 Å². The quantitative estimate of drug-likeness (QED) is 0.678. The fourth-order valence-electron chi connectivity index (χ4n) is 3.84. The van der Waals surface area contributed by atoms with E-state index in [0.29, 0.717) is 11.5 Å². The highest BCUT2D eigenvalue weighted by Crippen LogP contribution is 2.35. The maximum atomic E-state index is 13.3. The van der Waals surface area contributed by atoms with Crippen molar-refractivity contribution < 1.29 is 9.21 Å². The van der Waals surface area contributed by atoms with Crippen LogP contribution in [0.15, 0.2) is 59.4 Å². The van der Waals surface area contributed by atoms with Crippen molar-refractivity contribution in [3.05, 3.63) is 72.0 Å². The van der Waals surface area contributed by atoms with Gasteiger partial charge in [0, 0.05) is 30.2 Å². The number of nitrogens with zero attached hydrogens (tertiary/aromatic N) is 3. The first-order chi connectivity index (χ1) is 13.1. The molecule has 0 N–H and O–H groups in total. The van der Waals surface area contributed by atoms with E-state index in [4.69, 9.17) is 4.42 Å². The van der Waals surface area contributed by atoms with Gasteiger partial charge >= 0.3 is 0 Å². The number of furan rings is 1. The van der Waals surface area contributed by atoms with Crippen LogP contribution in [0.5, 0.6) is 0 Å². The molecule has 0 aromatic carbocycles. The lowest BCUT2D eigenvalue weighted by Crippen LogP contribution is -2.41. The Kier molecular flexibility index (Phi) is 4.75. The SMILES string of the molecule is CC(C)N(C(=O)c1ccc(-c2ccncc2)o1)C1CCCc2cccnc21. The van der Waals surface area contributed by atoms with Crippen molar-refractivity contribution in [3.63, 3.8) is 0 Å². The van der Waals surface area contributed by atoms with Crippen LogP contribution in [0.3, 0.4) is 0 Å². The third-order valence-corrected chi connectivity index (χ3v) is 5.07. The Hall–Kier alpha value is -2.95. The number of aryl methyl sites for hydroxylation is 1. The van der Waals surface area contributed by atoms with E-state index in [1.807, 2.05) is 49.2 Å². The lowest BCUT2D eigenvalue weighted by Gasteiger charge is -2.37. The van der Waals surface area contributed by atoms with Gasteiger partial charge in [0.15, 0.2) is 5.76 Å². The molecular weight excluding hydrogens is 338 g/mol. The molecule has 0 spiro atoms. The summed E-state index contributed by atoms with van der Waals surface area (Å²) in [5.41, 5.74) is 3.17. The van der Waals surface area contributed by atoms with Gasteiger partial charge in [-0.1, -0.05) is 6.07 Å². The predicted molar refractivity (Wildman–Crippen MR) is 103 cm³/mol. The highest BCUT2D eigenvalue weighted by Gasteiger charge is 2.33. The average Bonchev–Trinajstić information content (AvgIpc) is 3.19. The van der Waals surface area contributed by atoms with E-state index >= 15 is 0 Å². The molecule has 1 atom stereocenters. The van der Waals surface area contributed by atoms with Crippen molar-refractivity contribution in [1.82, 2.24) is 14.9 Å². The van der Waals surface area contributed by atoms with Crippen LogP contribution in [-0.2, 0) is 6.42 Å². The van der Waals surface area contributed by atoms with Gasteiger partial charge in [0.1, 0.15) is 5.76 Å². The molecule has 3 aromatic rings. The van der Waals surface area contributed by atoms with E-state index in [9.17, 15) is 4.79 Å².